The molecule has 0 aromatic rings. The van der Waals surface area contributed by atoms with Crippen molar-refractivity contribution in [2.45, 2.75) is 218 Å². The van der Waals surface area contributed by atoms with Gasteiger partial charge in [0.2, 0.25) is 0 Å². The van der Waals surface area contributed by atoms with Crippen molar-refractivity contribution in [1.29, 1.82) is 0 Å². The lowest BCUT2D eigenvalue weighted by molar-refractivity contribution is -0.305. The van der Waals surface area contributed by atoms with Gasteiger partial charge in [-0.2, -0.15) is 0 Å². The molecule has 0 unspecified atom stereocenters. The van der Waals surface area contributed by atoms with Crippen molar-refractivity contribution in [3.05, 3.63) is 48.6 Å². The van der Waals surface area contributed by atoms with Crippen molar-refractivity contribution in [3.8, 4) is 0 Å². The summed E-state index contributed by atoms with van der Waals surface area (Å²) in [4.78, 5) is 25.3. The highest BCUT2D eigenvalue weighted by atomic mass is 16.7. The third kappa shape index (κ3) is 29.5. The zero-order valence-electron chi connectivity index (χ0n) is 35.8. The lowest BCUT2D eigenvalue weighted by atomic mass is 9.99. The van der Waals surface area contributed by atoms with E-state index in [1.54, 1.807) is 0 Å². The van der Waals surface area contributed by atoms with Gasteiger partial charge in [0.25, 0.3) is 0 Å². The van der Waals surface area contributed by atoms with Gasteiger partial charge in [-0.05, 0) is 77.0 Å². The first-order valence-electron chi connectivity index (χ1n) is 22.7. The number of carbonyl (C=O) groups excluding carboxylic acids is 2. The third-order valence-electron chi connectivity index (χ3n) is 10.2. The van der Waals surface area contributed by atoms with Crippen LogP contribution >= 0.6 is 0 Å². The van der Waals surface area contributed by atoms with Crippen molar-refractivity contribution in [2.75, 3.05) is 19.8 Å². The van der Waals surface area contributed by atoms with E-state index in [0.717, 1.165) is 77.0 Å². The second kappa shape index (κ2) is 37.9. The molecule has 0 amide bonds. The van der Waals surface area contributed by atoms with Gasteiger partial charge in [-0.3, -0.25) is 9.59 Å². The number of hydrogen-bond acceptors (Lipinski definition) is 10. The Morgan fingerprint density at radius 2 is 0.982 bits per heavy atom. The summed E-state index contributed by atoms with van der Waals surface area (Å²) in [6.07, 6.45) is 36.8. The summed E-state index contributed by atoms with van der Waals surface area (Å²) in [5.41, 5.74) is 0. The summed E-state index contributed by atoms with van der Waals surface area (Å²) < 4.78 is 22.1. The van der Waals surface area contributed by atoms with Gasteiger partial charge >= 0.3 is 11.9 Å². The maximum absolute atomic E-state index is 12.8. The molecule has 6 atom stereocenters. The predicted molar refractivity (Wildman–Crippen MR) is 229 cm³/mol. The Labute approximate surface area is 346 Å². The lowest BCUT2D eigenvalue weighted by Gasteiger charge is -2.39. The normalized spacial score (nSPS) is 20.7. The summed E-state index contributed by atoms with van der Waals surface area (Å²) in [7, 11) is 0. The van der Waals surface area contributed by atoms with E-state index in [9.17, 15) is 30.0 Å². The van der Waals surface area contributed by atoms with Crippen LogP contribution in [0.4, 0.5) is 0 Å². The monoisotopic (exact) mass is 807 g/mol. The number of unbranched alkanes of at least 4 members (excludes halogenated alkanes) is 18. The van der Waals surface area contributed by atoms with Gasteiger partial charge in [0.1, 0.15) is 31.0 Å². The van der Waals surface area contributed by atoms with E-state index < -0.39 is 49.4 Å². The molecule has 0 saturated carbocycles. The summed E-state index contributed by atoms with van der Waals surface area (Å²) in [6, 6.07) is 0. The molecule has 0 bridgehead atoms. The van der Waals surface area contributed by atoms with E-state index in [4.69, 9.17) is 18.9 Å². The number of aliphatic hydroxyl groups excluding tert-OH is 4. The zero-order chi connectivity index (χ0) is 41.6. The summed E-state index contributed by atoms with van der Waals surface area (Å²) in [6.45, 7) is 3.34. The molecule has 1 rings (SSSR count). The Morgan fingerprint density at radius 1 is 0.544 bits per heavy atom. The molecule has 0 aliphatic carbocycles. The first-order valence-corrected chi connectivity index (χ1v) is 22.7. The largest absolute Gasteiger partial charge is 0.462 e. The van der Waals surface area contributed by atoms with Gasteiger partial charge in [0.15, 0.2) is 12.4 Å². The minimum atomic E-state index is -1.60. The van der Waals surface area contributed by atoms with Crippen LogP contribution in [0.25, 0.3) is 0 Å². The van der Waals surface area contributed by atoms with E-state index in [-0.39, 0.29) is 32.0 Å². The van der Waals surface area contributed by atoms with Gasteiger partial charge in [-0.25, -0.2) is 0 Å². The number of carbonyl (C=O) groups is 2. The van der Waals surface area contributed by atoms with Gasteiger partial charge < -0.3 is 39.4 Å². The molecule has 10 heteroatoms. The topological polar surface area (TPSA) is 152 Å². The van der Waals surface area contributed by atoms with Crippen molar-refractivity contribution >= 4 is 11.9 Å². The molecule has 0 aromatic heterocycles. The number of rotatable bonds is 37. The van der Waals surface area contributed by atoms with E-state index >= 15 is 0 Å². The van der Waals surface area contributed by atoms with Gasteiger partial charge in [0.05, 0.1) is 13.2 Å². The Hall–Kier alpha value is -2.34. The van der Waals surface area contributed by atoms with Crippen LogP contribution in [0, 0.1) is 0 Å². The molecule has 1 heterocycles. The molecule has 0 spiro atoms. The zero-order valence-corrected chi connectivity index (χ0v) is 35.8. The van der Waals surface area contributed by atoms with E-state index in [0.29, 0.717) is 12.8 Å². The number of aliphatic hydroxyl groups is 4. The predicted octanol–water partition coefficient (Wildman–Crippen LogP) is 9.67. The second-order valence-corrected chi connectivity index (χ2v) is 15.5. The molecular formula is C47H82O10. The fraction of sp³-hybridized carbons (Fsp3) is 0.787. The molecule has 57 heavy (non-hydrogen) atoms. The van der Waals surface area contributed by atoms with E-state index in [1.165, 1.54) is 64.2 Å². The van der Waals surface area contributed by atoms with Crippen LogP contribution in [0.2, 0.25) is 0 Å². The quantitative estimate of drug-likeness (QED) is 0.0271. The average Bonchev–Trinajstić information content (AvgIpc) is 3.21. The lowest BCUT2D eigenvalue weighted by Crippen LogP contribution is -2.59. The molecule has 0 aromatic carbocycles. The second-order valence-electron chi connectivity index (χ2n) is 15.5. The molecule has 0 radical (unpaired) electrons. The molecular weight excluding hydrogens is 725 g/mol. The standard InChI is InChI=1S/C47H82O10/c1-3-5-7-9-11-13-15-17-19-20-22-23-25-27-29-31-33-35-42(49)54-38-40(39-55-47-46(53)45(52)44(51)41(37-48)57-47)56-43(50)36-34-32-30-28-26-24-21-18-16-14-12-10-8-6-4-2/h11-14,17-19,21,40-41,44-48,51-53H,3-10,15-16,20,22-39H2,1-2H3/b13-11-,14-12-,19-17-,21-18-/t40-,41-,44+,45+,46-,47-/m1/s1. The van der Waals surface area contributed by atoms with Crippen LogP contribution in [0.15, 0.2) is 48.6 Å². The summed E-state index contributed by atoms with van der Waals surface area (Å²) >= 11 is 0. The molecule has 1 aliphatic rings. The Balaban J connectivity index is 2.34. The number of allylic oxidation sites excluding steroid dienone is 8. The summed E-state index contributed by atoms with van der Waals surface area (Å²) in [5, 5.41) is 40.1. The van der Waals surface area contributed by atoms with Gasteiger partial charge in [-0.15, -0.1) is 0 Å². The van der Waals surface area contributed by atoms with Crippen LogP contribution < -0.4 is 0 Å². The summed E-state index contributed by atoms with van der Waals surface area (Å²) in [5.74, 6) is -0.833. The SMILES string of the molecule is CCCCC/C=C\C/C=C\CCCCCCCCCC(=O)OC[C@H](CO[C@@H]1O[C@H](CO)[C@H](O)[C@H](O)[C@H]1O)OC(=O)CCCCCCC/C=C\C/C=C\CCCCC. The molecule has 4 N–H and O–H groups in total. The number of ether oxygens (including phenoxy) is 4. The van der Waals surface area contributed by atoms with Gasteiger partial charge in [0, 0.05) is 12.8 Å². The van der Waals surface area contributed by atoms with Crippen molar-refractivity contribution in [1.82, 2.24) is 0 Å². The fourth-order valence-electron chi connectivity index (χ4n) is 6.54. The highest BCUT2D eigenvalue weighted by Gasteiger charge is 2.44. The van der Waals surface area contributed by atoms with Crippen LogP contribution in [0.3, 0.4) is 0 Å². The molecule has 330 valence electrons. The van der Waals surface area contributed by atoms with Gasteiger partial charge in [-0.1, -0.05) is 140 Å². The highest BCUT2D eigenvalue weighted by molar-refractivity contribution is 5.70. The van der Waals surface area contributed by atoms with E-state index in [2.05, 4.69) is 62.5 Å². The Morgan fingerprint density at radius 3 is 1.46 bits per heavy atom. The minimum Gasteiger partial charge on any atom is -0.462 e. The maximum Gasteiger partial charge on any atom is 0.306 e. The third-order valence-corrected chi connectivity index (χ3v) is 10.2. The van der Waals surface area contributed by atoms with Crippen molar-refractivity contribution < 1.29 is 49.0 Å². The smallest absolute Gasteiger partial charge is 0.306 e. The minimum absolute atomic E-state index is 0.211. The molecule has 1 fully saturated rings. The molecule has 1 aliphatic heterocycles. The van der Waals surface area contributed by atoms with Crippen LogP contribution in [0.5, 0.6) is 0 Å². The molecule has 10 nitrogen and oxygen atoms in total. The Bertz CT molecular complexity index is 1070. The fourth-order valence-corrected chi connectivity index (χ4v) is 6.54. The highest BCUT2D eigenvalue weighted by Crippen LogP contribution is 2.22. The van der Waals surface area contributed by atoms with Crippen molar-refractivity contribution in [3.63, 3.8) is 0 Å². The van der Waals surface area contributed by atoms with Crippen LogP contribution in [-0.2, 0) is 28.5 Å². The number of hydrogen-bond donors (Lipinski definition) is 4. The van der Waals surface area contributed by atoms with E-state index in [1.807, 2.05) is 0 Å². The number of esters is 2. The Kier molecular flexibility index (Phi) is 35.0. The average molecular weight is 807 g/mol. The van der Waals surface area contributed by atoms with Crippen LogP contribution in [0.1, 0.15) is 181 Å². The first kappa shape index (κ1) is 52.7. The van der Waals surface area contributed by atoms with Crippen LogP contribution in [-0.4, -0.2) is 89.0 Å². The first-order chi connectivity index (χ1) is 27.8. The molecule has 1 saturated heterocycles. The maximum atomic E-state index is 12.8. The van der Waals surface area contributed by atoms with Crippen molar-refractivity contribution in [2.24, 2.45) is 0 Å².